The number of non-ortho nitro benzene ring substituents is 1. The van der Waals surface area contributed by atoms with E-state index < -0.39 is 4.92 Å². The van der Waals surface area contributed by atoms with Crippen LogP contribution in [0.25, 0.3) is 0 Å². The highest BCUT2D eigenvalue weighted by Gasteiger charge is 2.10. The fourth-order valence-electron chi connectivity index (χ4n) is 1.95. The molecule has 20 heavy (non-hydrogen) atoms. The molecule has 0 aliphatic carbocycles. The zero-order valence-electron chi connectivity index (χ0n) is 11.1. The number of phenols is 1. The van der Waals surface area contributed by atoms with Gasteiger partial charge in [0, 0.05) is 43.5 Å². The summed E-state index contributed by atoms with van der Waals surface area (Å²) in [4.78, 5) is 16.6. The lowest BCUT2D eigenvalue weighted by Crippen LogP contribution is -2.37. The van der Waals surface area contributed by atoms with Crippen molar-refractivity contribution < 1.29 is 14.8 Å². The Bertz CT molecular complexity index is 498. The van der Waals surface area contributed by atoms with Gasteiger partial charge < -0.3 is 9.84 Å². The Morgan fingerprint density at radius 3 is 2.90 bits per heavy atom. The molecule has 1 N–H and O–H groups in total. The summed E-state index contributed by atoms with van der Waals surface area (Å²) in [5.41, 5.74) is 0.304. The SMILES string of the molecule is O=[N+]([O-])c1ccc(O)c(C=NCCN2CCOCC2)c1. The minimum Gasteiger partial charge on any atom is -0.507 e. The first-order valence-corrected chi connectivity index (χ1v) is 6.44. The molecule has 0 bridgehead atoms. The number of nitrogens with zero attached hydrogens (tertiary/aromatic N) is 3. The third kappa shape index (κ3) is 4.01. The van der Waals surface area contributed by atoms with Gasteiger partial charge in [-0.3, -0.25) is 20.0 Å². The van der Waals surface area contributed by atoms with E-state index in [0.717, 1.165) is 32.8 Å². The van der Waals surface area contributed by atoms with Crippen LogP contribution in [0.3, 0.4) is 0 Å². The molecule has 108 valence electrons. The van der Waals surface area contributed by atoms with Crippen molar-refractivity contribution in [3.05, 3.63) is 33.9 Å². The van der Waals surface area contributed by atoms with Crippen molar-refractivity contribution in [3.8, 4) is 5.75 Å². The van der Waals surface area contributed by atoms with Crippen LogP contribution in [-0.2, 0) is 4.74 Å². The fourth-order valence-corrected chi connectivity index (χ4v) is 1.95. The van der Waals surface area contributed by atoms with Gasteiger partial charge in [0.2, 0.25) is 0 Å². The molecule has 1 saturated heterocycles. The van der Waals surface area contributed by atoms with Gasteiger partial charge in [0.25, 0.3) is 5.69 Å². The number of benzene rings is 1. The molecule has 0 saturated carbocycles. The number of aromatic hydroxyl groups is 1. The Labute approximate surface area is 116 Å². The monoisotopic (exact) mass is 279 g/mol. The quantitative estimate of drug-likeness (QED) is 0.494. The Balaban J connectivity index is 1.90. The summed E-state index contributed by atoms with van der Waals surface area (Å²) >= 11 is 0. The number of phenolic OH excluding ortho intramolecular Hbond substituents is 1. The molecule has 1 aromatic rings. The number of hydrogen-bond acceptors (Lipinski definition) is 6. The van der Waals surface area contributed by atoms with E-state index in [4.69, 9.17) is 4.74 Å². The zero-order valence-corrected chi connectivity index (χ0v) is 11.1. The first kappa shape index (κ1) is 14.4. The van der Waals surface area contributed by atoms with Crippen molar-refractivity contribution in [1.29, 1.82) is 0 Å². The van der Waals surface area contributed by atoms with Crippen LogP contribution in [0.4, 0.5) is 5.69 Å². The van der Waals surface area contributed by atoms with Crippen molar-refractivity contribution in [2.45, 2.75) is 0 Å². The van der Waals surface area contributed by atoms with Crippen LogP contribution in [0, 0.1) is 10.1 Å². The van der Waals surface area contributed by atoms with Crippen molar-refractivity contribution in [1.82, 2.24) is 4.90 Å². The Kier molecular flexibility index (Phi) is 5.03. The van der Waals surface area contributed by atoms with Crippen LogP contribution in [0.15, 0.2) is 23.2 Å². The molecule has 7 heteroatoms. The molecular weight excluding hydrogens is 262 g/mol. The molecule has 0 radical (unpaired) electrons. The van der Waals surface area contributed by atoms with Gasteiger partial charge in [0.15, 0.2) is 0 Å². The topological polar surface area (TPSA) is 88.2 Å². The van der Waals surface area contributed by atoms with Gasteiger partial charge in [-0.2, -0.15) is 0 Å². The van der Waals surface area contributed by atoms with E-state index >= 15 is 0 Å². The van der Waals surface area contributed by atoms with E-state index in [9.17, 15) is 15.2 Å². The first-order valence-electron chi connectivity index (χ1n) is 6.44. The van der Waals surface area contributed by atoms with Gasteiger partial charge in [-0.15, -0.1) is 0 Å². The van der Waals surface area contributed by atoms with Crippen LogP contribution < -0.4 is 0 Å². The maximum atomic E-state index is 10.7. The maximum Gasteiger partial charge on any atom is 0.270 e. The van der Waals surface area contributed by atoms with E-state index in [1.165, 1.54) is 24.4 Å². The molecule has 2 rings (SSSR count). The van der Waals surface area contributed by atoms with E-state index in [-0.39, 0.29) is 11.4 Å². The second kappa shape index (κ2) is 6.97. The molecule has 7 nitrogen and oxygen atoms in total. The highest BCUT2D eigenvalue weighted by molar-refractivity contribution is 5.84. The largest absolute Gasteiger partial charge is 0.507 e. The summed E-state index contributed by atoms with van der Waals surface area (Å²) in [7, 11) is 0. The lowest BCUT2D eigenvalue weighted by molar-refractivity contribution is -0.384. The molecule has 0 atom stereocenters. The minimum atomic E-state index is -0.496. The number of hydrogen-bond donors (Lipinski definition) is 1. The van der Waals surface area contributed by atoms with Gasteiger partial charge >= 0.3 is 0 Å². The van der Waals surface area contributed by atoms with E-state index in [1.807, 2.05) is 0 Å². The molecule has 0 amide bonds. The highest BCUT2D eigenvalue weighted by Crippen LogP contribution is 2.21. The Hall–Kier alpha value is -1.99. The number of rotatable bonds is 5. The number of nitro benzene ring substituents is 1. The Morgan fingerprint density at radius 2 is 2.20 bits per heavy atom. The second-order valence-electron chi connectivity index (χ2n) is 4.49. The van der Waals surface area contributed by atoms with Crippen molar-refractivity contribution in [2.75, 3.05) is 39.4 Å². The molecule has 1 fully saturated rings. The third-order valence-electron chi connectivity index (χ3n) is 3.10. The highest BCUT2D eigenvalue weighted by atomic mass is 16.6. The van der Waals surface area contributed by atoms with Crippen molar-refractivity contribution in [2.24, 2.45) is 4.99 Å². The summed E-state index contributed by atoms with van der Waals surface area (Å²) in [6.45, 7) is 4.69. The van der Waals surface area contributed by atoms with E-state index in [2.05, 4.69) is 9.89 Å². The Morgan fingerprint density at radius 1 is 1.45 bits per heavy atom. The van der Waals surface area contributed by atoms with E-state index in [0.29, 0.717) is 12.1 Å². The second-order valence-corrected chi connectivity index (χ2v) is 4.49. The summed E-state index contributed by atoms with van der Waals surface area (Å²) in [6.07, 6.45) is 1.47. The van der Waals surface area contributed by atoms with Crippen molar-refractivity contribution >= 4 is 11.9 Å². The summed E-state index contributed by atoms with van der Waals surface area (Å²) in [5, 5.41) is 20.3. The number of aliphatic imine (C=N–C) groups is 1. The van der Waals surface area contributed by atoms with Crippen LogP contribution >= 0.6 is 0 Å². The van der Waals surface area contributed by atoms with E-state index in [1.54, 1.807) is 0 Å². The number of nitro groups is 1. The molecule has 1 aliphatic heterocycles. The lowest BCUT2D eigenvalue weighted by atomic mass is 10.2. The van der Waals surface area contributed by atoms with Crippen LogP contribution in [0.5, 0.6) is 5.75 Å². The van der Waals surface area contributed by atoms with Gasteiger partial charge in [-0.05, 0) is 6.07 Å². The average Bonchev–Trinajstić information content (AvgIpc) is 2.46. The number of morpholine rings is 1. The van der Waals surface area contributed by atoms with Gasteiger partial charge in [0.1, 0.15) is 5.75 Å². The van der Waals surface area contributed by atoms with Crippen LogP contribution in [-0.4, -0.2) is 60.5 Å². The summed E-state index contributed by atoms with van der Waals surface area (Å²) in [5.74, 6) is -0.00859. The molecule has 1 heterocycles. The van der Waals surface area contributed by atoms with Crippen LogP contribution in [0.1, 0.15) is 5.56 Å². The normalized spacial score (nSPS) is 16.6. The zero-order chi connectivity index (χ0) is 14.4. The smallest absolute Gasteiger partial charge is 0.270 e. The first-order chi connectivity index (χ1) is 9.66. The molecule has 1 aromatic carbocycles. The molecule has 0 aromatic heterocycles. The maximum absolute atomic E-state index is 10.7. The van der Waals surface area contributed by atoms with Gasteiger partial charge in [0.05, 0.1) is 24.7 Å². The average molecular weight is 279 g/mol. The fraction of sp³-hybridized carbons (Fsp3) is 0.462. The summed E-state index contributed by atoms with van der Waals surface area (Å²) in [6, 6.07) is 3.88. The lowest BCUT2D eigenvalue weighted by Gasteiger charge is -2.25. The standard InChI is InChI=1S/C13H17N3O4/c17-13-2-1-12(16(18)19)9-11(13)10-14-3-4-15-5-7-20-8-6-15/h1-2,9-10,17H,3-8H2. The van der Waals surface area contributed by atoms with Crippen molar-refractivity contribution in [3.63, 3.8) is 0 Å². The predicted molar refractivity (Wildman–Crippen MR) is 74.5 cm³/mol. The molecule has 1 aliphatic rings. The number of ether oxygens (including phenoxy) is 1. The molecule has 0 unspecified atom stereocenters. The molecular formula is C13H17N3O4. The minimum absolute atomic E-state index is 0.00859. The third-order valence-corrected chi connectivity index (χ3v) is 3.10. The summed E-state index contributed by atoms with van der Waals surface area (Å²) < 4.78 is 5.25. The van der Waals surface area contributed by atoms with Gasteiger partial charge in [-0.25, -0.2) is 0 Å². The predicted octanol–water partition coefficient (Wildman–Crippen LogP) is 1.05. The van der Waals surface area contributed by atoms with Crippen LogP contribution in [0.2, 0.25) is 0 Å². The van der Waals surface area contributed by atoms with Gasteiger partial charge in [-0.1, -0.05) is 0 Å². The molecule has 0 spiro atoms.